The number of phenolic OH excluding ortho intramolecular Hbond substituents is 1. The first-order valence-corrected chi connectivity index (χ1v) is 7.86. The maximum Gasteiger partial charge on any atom is 0.223 e. The molecule has 0 amide bonds. The molecule has 0 radical (unpaired) electrons. The van der Waals surface area contributed by atoms with Crippen molar-refractivity contribution in [3.63, 3.8) is 0 Å². The van der Waals surface area contributed by atoms with Crippen LogP contribution in [0, 0.1) is 11.3 Å². The predicted molar refractivity (Wildman–Crippen MR) is 94.1 cm³/mol. The number of nitriles is 1. The Hall–Kier alpha value is -3.36. The number of aromatic nitrogens is 1. The molecular weight excluding hydrogens is 314 g/mol. The highest BCUT2D eigenvalue weighted by Gasteiger charge is 2.09. The highest BCUT2D eigenvalue weighted by Crippen LogP contribution is 2.25. The molecule has 0 aliphatic carbocycles. The number of ether oxygens (including phenoxy) is 1. The van der Waals surface area contributed by atoms with E-state index in [4.69, 9.17) is 4.74 Å². The molecular formula is C20H17N3O2. The average molecular weight is 331 g/mol. The molecule has 0 aliphatic heterocycles. The largest absolute Gasteiger partial charge is 0.508 e. The molecule has 3 rings (SSSR count). The third kappa shape index (κ3) is 4.34. The van der Waals surface area contributed by atoms with Crippen molar-refractivity contribution in [2.45, 2.75) is 13.1 Å². The summed E-state index contributed by atoms with van der Waals surface area (Å²) in [5.41, 5.74) is 2.43. The summed E-state index contributed by atoms with van der Waals surface area (Å²) >= 11 is 0. The van der Waals surface area contributed by atoms with Gasteiger partial charge in [-0.05, 0) is 35.9 Å². The van der Waals surface area contributed by atoms with Crippen LogP contribution >= 0.6 is 0 Å². The number of para-hydroxylation sites is 1. The highest BCUT2D eigenvalue weighted by atomic mass is 16.5. The Morgan fingerprint density at radius 3 is 2.60 bits per heavy atom. The van der Waals surface area contributed by atoms with Crippen molar-refractivity contribution >= 4 is 0 Å². The van der Waals surface area contributed by atoms with Gasteiger partial charge in [0, 0.05) is 24.8 Å². The van der Waals surface area contributed by atoms with Crippen LogP contribution in [0.1, 0.15) is 16.7 Å². The summed E-state index contributed by atoms with van der Waals surface area (Å²) in [4.78, 5) is 4.28. The van der Waals surface area contributed by atoms with Crippen molar-refractivity contribution in [1.29, 1.82) is 5.26 Å². The Bertz CT molecular complexity index is 886. The zero-order chi connectivity index (χ0) is 17.5. The first-order valence-electron chi connectivity index (χ1n) is 7.86. The summed E-state index contributed by atoms with van der Waals surface area (Å²) in [5, 5.41) is 21.8. The highest BCUT2D eigenvalue weighted by molar-refractivity contribution is 5.45. The Morgan fingerprint density at radius 2 is 1.80 bits per heavy atom. The molecule has 5 nitrogen and oxygen atoms in total. The molecule has 1 heterocycles. The summed E-state index contributed by atoms with van der Waals surface area (Å²) in [6.45, 7) is 1.22. The molecule has 0 unspecified atom stereocenters. The van der Waals surface area contributed by atoms with E-state index in [1.165, 1.54) is 0 Å². The van der Waals surface area contributed by atoms with Gasteiger partial charge in [-0.3, -0.25) is 0 Å². The van der Waals surface area contributed by atoms with Gasteiger partial charge in [0.1, 0.15) is 17.6 Å². The minimum atomic E-state index is 0.253. The van der Waals surface area contributed by atoms with Crippen LogP contribution in [-0.2, 0) is 13.1 Å². The first kappa shape index (κ1) is 16.5. The zero-order valence-corrected chi connectivity index (χ0v) is 13.5. The molecule has 0 bridgehead atoms. The van der Waals surface area contributed by atoms with Gasteiger partial charge < -0.3 is 15.2 Å². The van der Waals surface area contributed by atoms with E-state index in [0.717, 1.165) is 11.1 Å². The lowest BCUT2D eigenvalue weighted by Crippen LogP contribution is -2.13. The van der Waals surface area contributed by atoms with E-state index in [1.54, 1.807) is 36.5 Å². The fourth-order valence-corrected chi connectivity index (χ4v) is 2.36. The van der Waals surface area contributed by atoms with Gasteiger partial charge in [-0.25, -0.2) is 4.98 Å². The summed E-state index contributed by atoms with van der Waals surface area (Å²) in [6.07, 6.45) is 1.66. The quantitative estimate of drug-likeness (QED) is 0.719. The molecule has 5 heteroatoms. The van der Waals surface area contributed by atoms with Gasteiger partial charge >= 0.3 is 0 Å². The fraction of sp³-hybridized carbons (Fsp3) is 0.100. The van der Waals surface area contributed by atoms with Gasteiger partial charge in [-0.15, -0.1) is 0 Å². The lowest BCUT2D eigenvalue weighted by atomic mass is 10.2. The Labute approximate surface area is 146 Å². The van der Waals surface area contributed by atoms with Crippen molar-refractivity contribution in [2.24, 2.45) is 0 Å². The number of benzene rings is 2. The second kappa shape index (κ2) is 7.95. The molecule has 0 spiro atoms. The summed E-state index contributed by atoms with van der Waals surface area (Å²) in [6, 6.07) is 20.0. The van der Waals surface area contributed by atoms with Crippen LogP contribution in [0.4, 0.5) is 0 Å². The normalized spacial score (nSPS) is 10.2. The number of hydrogen-bond donors (Lipinski definition) is 2. The van der Waals surface area contributed by atoms with Crippen LogP contribution in [0.3, 0.4) is 0 Å². The van der Waals surface area contributed by atoms with Crippen molar-refractivity contribution < 1.29 is 9.84 Å². The number of rotatable bonds is 6. The van der Waals surface area contributed by atoms with E-state index in [2.05, 4.69) is 16.4 Å². The number of hydrogen-bond acceptors (Lipinski definition) is 5. The van der Waals surface area contributed by atoms with E-state index in [0.29, 0.717) is 30.3 Å². The van der Waals surface area contributed by atoms with E-state index in [1.807, 2.05) is 30.3 Å². The van der Waals surface area contributed by atoms with E-state index < -0.39 is 0 Å². The summed E-state index contributed by atoms with van der Waals surface area (Å²) < 4.78 is 5.84. The van der Waals surface area contributed by atoms with E-state index in [-0.39, 0.29) is 5.75 Å². The number of nitrogens with one attached hydrogen (secondary N) is 1. The van der Waals surface area contributed by atoms with Crippen LogP contribution in [0.25, 0.3) is 0 Å². The maximum absolute atomic E-state index is 9.31. The summed E-state index contributed by atoms with van der Waals surface area (Å²) in [5.74, 6) is 1.22. The van der Waals surface area contributed by atoms with Crippen LogP contribution < -0.4 is 10.1 Å². The third-order valence-corrected chi connectivity index (χ3v) is 3.65. The van der Waals surface area contributed by atoms with Crippen LogP contribution in [0.15, 0.2) is 66.9 Å². The third-order valence-electron chi connectivity index (χ3n) is 3.65. The molecule has 0 atom stereocenters. The molecule has 0 saturated heterocycles. The predicted octanol–water partition coefficient (Wildman–Crippen LogP) is 3.74. The molecule has 3 aromatic rings. The fourth-order valence-electron chi connectivity index (χ4n) is 2.36. The van der Waals surface area contributed by atoms with Gasteiger partial charge in [0.25, 0.3) is 0 Å². The minimum Gasteiger partial charge on any atom is -0.508 e. The number of nitrogens with zero attached hydrogens (tertiary/aromatic N) is 2. The van der Waals surface area contributed by atoms with Crippen molar-refractivity contribution in [3.05, 3.63) is 83.6 Å². The maximum atomic E-state index is 9.31. The minimum absolute atomic E-state index is 0.253. The molecule has 25 heavy (non-hydrogen) atoms. The van der Waals surface area contributed by atoms with Crippen molar-refractivity contribution in [2.75, 3.05) is 0 Å². The van der Waals surface area contributed by atoms with Gasteiger partial charge in [-0.2, -0.15) is 5.26 Å². The lowest BCUT2D eigenvalue weighted by Gasteiger charge is -2.11. The molecule has 0 aliphatic rings. The van der Waals surface area contributed by atoms with E-state index in [9.17, 15) is 10.4 Å². The van der Waals surface area contributed by atoms with Gasteiger partial charge in [0.05, 0.1) is 5.56 Å². The average Bonchev–Trinajstić information content (AvgIpc) is 2.65. The van der Waals surface area contributed by atoms with Crippen LogP contribution in [0.5, 0.6) is 17.4 Å². The Balaban J connectivity index is 1.68. The molecule has 2 aromatic carbocycles. The topological polar surface area (TPSA) is 78.2 Å². The monoisotopic (exact) mass is 331 g/mol. The Morgan fingerprint density at radius 1 is 1.00 bits per heavy atom. The summed E-state index contributed by atoms with van der Waals surface area (Å²) in [7, 11) is 0. The number of phenols is 1. The number of pyridine rings is 1. The SMILES string of the molecule is N#Cc1ccccc1Oc1ncccc1CNCc1ccc(O)cc1. The molecule has 1 aromatic heterocycles. The smallest absolute Gasteiger partial charge is 0.223 e. The van der Waals surface area contributed by atoms with E-state index >= 15 is 0 Å². The van der Waals surface area contributed by atoms with Crippen LogP contribution in [-0.4, -0.2) is 10.1 Å². The standard InChI is InChI=1S/C20H17N3O2/c21-12-16-4-1-2-6-19(16)25-20-17(5-3-11-23-20)14-22-13-15-7-9-18(24)10-8-15/h1-11,22,24H,13-14H2. The Kier molecular flexibility index (Phi) is 5.25. The molecule has 0 fully saturated rings. The number of aromatic hydroxyl groups is 1. The van der Waals surface area contributed by atoms with Crippen molar-refractivity contribution in [1.82, 2.24) is 10.3 Å². The van der Waals surface area contributed by atoms with Crippen LogP contribution in [0.2, 0.25) is 0 Å². The second-order valence-corrected chi connectivity index (χ2v) is 5.45. The van der Waals surface area contributed by atoms with Gasteiger partial charge in [0.15, 0.2) is 0 Å². The van der Waals surface area contributed by atoms with Gasteiger partial charge in [0.2, 0.25) is 5.88 Å². The van der Waals surface area contributed by atoms with Crippen molar-refractivity contribution in [3.8, 4) is 23.4 Å². The first-order chi connectivity index (χ1) is 12.3. The molecule has 124 valence electrons. The molecule has 0 saturated carbocycles. The zero-order valence-electron chi connectivity index (χ0n) is 13.5. The second-order valence-electron chi connectivity index (χ2n) is 5.45. The van der Waals surface area contributed by atoms with Gasteiger partial charge in [-0.1, -0.05) is 30.3 Å². The lowest BCUT2D eigenvalue weighted by molar-refractivity contribution is 0.451. The molecule has 2 N–H and O–H groups in total.